The zero-order valence-corrected chi connectivity index (χ0v) is 13.3. The number of amidine groups is 1. The lowest BCUT2D eigenvalue weighted by atomic mass is 10.3. The average molecular weight is 327 g/mol. The van der Waals surface area contributed by atoms with E-state index < -0.39 is 0 Å². The van der Waals surface area contributed by atoms with E-state index in [1.165, 1.54) is 11.8 Å². The highest BCUT2D eigenvalue weighted by Crippen LogP contribution is 2.34. The third-order valence-corrected chi connectivity index (χ3v) is 4.70. The Balaban J connectivity index is 1.94. The van der Waals surface area contributed by atoms with Gasteiger partial charge < -0.3 is 0 Å². The molecule has 2 aromatic rings. The lowest BCUT2D eigenvalue weighted by Gasteiger charge is -2.12. The van der Waals surface area contributed by atoms with Gasteiger partial charge in [0.25, 0.3) is 5.91 Å². The molecule has 0 unspecified atom stereocenters. The van der Waals surface area contributed by atoms with Crippen LogP contribution in [0.3, 0.4) is 0 Å². The van der Waals surface area contributed by atoms with Crippen molar-refractivity contribution < 1.29 is 4.79 Å². The maximum Gasteiger partial charge on any atom is 0.267 e. The second-order valence-electron chi connectivity index (χ2n) is 4.41. The van der Waals surface area contributed by atoms with Crippen LogP contribution in [-0.4, -0.2) is 27.5 Å². The first kappa shape index (κ1) is 14.7. The number of pyridine rings is 1. The number of amides is 1. The number of thiophene rings is 1. The Morgan fingerprint density at radius 2 is 2.23 bits per heavy atom. The summed E-state index contributed by atoms with van der Waals surface area (Å²) >= 11 is 2.97. The second-order valence-corrected chi connectivity index (χ2v) is 6.40. The highest BCUT2D eigenvalue weighted by molar-refractivity contribution is 8.18. The Hall–Kier alpha value is -2.18. The van der Waals surface area contributed by atoms with E-state index in [1.54, 1.807) is 28.5 Å². The minimum atomic E-state index is -0.0482. The molecule has 1 saturated heterocycles. The van der Waals surface area contributed by atoms with Gasteiger partial charge in [0, 0.05) is 17.6 Å². The van der Waals surface area contributed by atoms with Crippen molar-refractivity contribution in [3.8, 4) is 0 Å². The van der Waals surface area contributed by atoms with Crippen molar-refractivity contribution >= 4 is 46.1 Å². The summed E-state index contributed by atoms with van der Waals surface area (Å²) in [5.74, 6) is 0.539. The summed E-state index contributed by atoms with van der Waals surface area (Å²) in [6, 6.07) is 9.46. The van der Waals surface area contributed by atoms with E-state index in [0.717, 1.165) is 4.88 Å². The van der Waals surface area contributed by atoms with Crippen molar-refractivity contribution in [2.75, 3.05) is 6.54 Å². The molecule has 0 radical (unpaired) electrons. The van der Waals surface area contributed by atoms with Gasteiger partial charge in [-0.3, -0.25) is 9.69 Å². The molecule has 0 bridgehead atoms. The summed E-state index contributed by atoms with van der Waals surface area (Å²) in [6.07, 6.45) is 5.27. The number of hydrogen-bond acceptors (Lipinski definition) is 5. The smallest absolute Gasteiger partial charge is 0.267 e. The van der Waals surface area contributed by atoms with Crippen LogP contribution in [0.15, 0.2) is 64.5 Å². The number of aromatic nitrogens is 1. The Morgan fingerprint density at radius 1 is 1.32 bits per heavy atom. The molecule has 0 atom stereocenters. The number of carbonyl (C=O) groups excluding carboxylic acids is 1. The minimum Gasteiger partial charge on any atom is -0.282 e. The maximum absolute atomic E-state index is 12.5. The zero-order chi connectivity index (χ0) is 15.4. The molecule has 0 aliphatic carbocycles. The predicted molar refractivity (Wildman–Crippen MR) is 93.1 cm³/mol. The van der Waals surface area contributed by atoms with E-state index in [0.29, 0.717) is 22.4 Å². The molecule has 0 aromatic carbocycles. The van der Waals surface area contributed by atoms with E-state index in [9.17, 15) is 4.79 Å². The van der Waals surface area contributed by atoms with Crippen molar-refractivity contribution in [3.05, 3.63) is 64.3 Å². The summed E-state index contributed by atoms with van der Waals surface area (Å²) in [7, 11) is 0. The van der Waals surface area contributed by atoms with Gasteiger partial charge in [0.15, 0.2) is 11.0 Å². The second kappa shape index (κ2) is 6.72. The van der Waals surface area contributed by atoms with Gasteiger partial charge in [0.1, 0.15) is 0 Å². The maximum atomic E-state index is 12.5. The van der Waals surface area contributed by atoms with Crippen LogP contribution in [0.5, 0.6) is 0 Å². The van der Waals surface area contributed by atoms with Crippen LogP contribution < -0.4 is 0 Å². The molecule has 1 aliphatic rings. The first-order valence-corrected chi connectivity index (χ1v) is 8.33. The highest BCUT2D eigenvalue weighted by Gasteiger charge is 2.32. The predicted octanol–water partition coefficient (Wildman–Crippen LogP) is 3.93. The van der Waals surface area contributed by atoms with Gasteiger partial charge in [0.05, 0.1) is 4.91 Å². The third kappa shape index (κ3) is 3.18. The summed E-state index contributed by atoms with van der Waals surface area (Å²) < 4.78 is 0. The first-order chi connectivity index (χ1) is 10.8. The van der Waals surface area contributed by atoms with E-state index in [2.05, 4.69) is 16.6 Å². The lowest BCUT2D eigenvalue weighted by Crippen LogP contribution is -2.29. The number of thioether (sulfide) groups is 1. The first-order valence-electron chi connectivity index (χ1n) is 6.63. The topological polar surface area (TPSA) is 45.6 Å². The summed E-state index contributed by atoms with van der Waals surface area (Å²) in [5.41, 5.74) is 0. The van der Waals surface area contributed by atoms with E-state index in [1.807, 2.05) is 41.8 Å². The zero-order valence-electron chi connectivity index (χ0n) is 11.7. The van der Waals surface area contributed by atoms with E-state index >= 15 is 0 Å². The van der Waals surface area contributed by atoms with Crippen molar-refractivity contribution in [3.63, 3.8) is 0 Å². The lowest BCUT2D eigenvalue weighted by molar-refractivity contribution is -0.121. The van der Waals surface area contributed by atoms with Crippen LogP contribution in [0.25, 0.3) is 6.08 Å². The number of rotatable bonds is 4. The largest absolute Gasteiger partial charge is 0.282 e. The molecular formula is C16H13N3OS2. The molecule has 0 saturated carbocycles. The van der Waals surface area contributed by atoms with Crippen LogP contribution >= 0.6 is 23.1 Å². The molecule has 22 heavy (non-hydrogen) atoms. The van der Waals surface area contributed by atoms with Gasteiger partial charge in [-0.15, -0.1) is 17.9 Å². The standard InChI is InChI=1S/C16H13N3OS2/c1-2-9-19-15(20)13(11-12-6-5-10-21-12)22-16(19)18-14-7-3-4-8-17-14/h2-8,10-11H,1,9H2/b13-11+,18-16+. The summed E-state index contributed by atoms with van der Waals surface area (Å²) in [6.45, 7) is 4.14. The normalized spacial score (nSPS) is 18.4. The fourth-order valence-corrected chi connectivity index (χ4v) is 3.62. The average Bonchev–Trinajstić information content (AvgIpc) is 3.13. The Kier molecular flexibility index (Phi) is 4.50. The minimum absolute atomic E-state index is 0.0482. The third-order valence-electron chi connectivity index (χ3n) is 2.88. The molecule has 3 rings (SSSR count). The summed E-state index contributed by atoms with van der Waals surface area (Å²) in [4.78, 5) is 24.5. The monoisotopic (exact) mass is 327 g/mol. The number of hydrogen-bond donors (Lipinski definition) is 0. The molecule has 2 aromatic heterocycles. The molecule has 3 heterocycles. The van der Waals surface area contributed by atoms with Gasteiger partial charge in [-0.2, -0.15) is 0 Å². The fourth-order valence-electron chi connectivity index (χ4n) is 1.90. The van der Waals surface area contributed by atoms with Crippen molar-refractivity contribution in [1.29, 1.82) is 0 Å². The molecule has 110 valence electrons. The van der Waals surface area contributed by atoms with Crippen molar-refractivity contribution in [2.24, 2.45) is 4.99 Å². The van der Waals surface area contributed by atoms with Crippen molar-refractivity contribution in [2.45, 2.75) is 0 Å². The van der Waals surface area contributed by atoms with E-state index in [4.69, 9.17) is 0 Å². The van der Waals surface area contributed by atoms with Gasteiger partial charge >= 0.3 is 0 Å². The molecule has 1 aliphatic heterocycles. The SMILES string of the molecule is C=CCN1C(=O)/C(=C\c2cccs2)S/C1=N/c1ccccn1. The molecular weight excluding hydrogens is 314 g/mol. The Bertz CT molecular complexity index is 736. The molecule has 1 amide bonds. The van der Waals surface area contributed by atoms with Gasteiger partial charge in [0.2, 0.25) is 0 Å². The van der Waals surface area contributed by atoms with Crippen LogP contribution in [0, 0.1) is 0 Å². The van der Waals surface area contributed by atoms with Crippen LogP contribution in [-0.2, 0) is 4.79 Å². The molecule has 6 heteroatoms. The Labute approximate surface area is 136 Å². The van der Waals surface area contributed by atoms with Gasteiger partial charge in [-0.1, -0.05) is 18.2 Å². The molecule has 0 spiro atoms. The molecule has 4 nitrogen and oxygen atoms in total. The van der Waals surface area contributed by atoms with Crippen molar-refractivity contribution in [1.82, 2.24) is 9.88 Å². The van der Waals surface area contributed by atoms with Crippen LogP contribution in [0.4, 0.5) is 5.82 Å². The molecule has 0 N–H and O–H groups in total. The van der Waals surface area contributed by atoms with Gasteiger partial charge in [-0.25, -0.2) is 9.98 Å². The fraction of sp³-hybridized carbons (Fsp3) is 0.0625. The summed E-state index contributed by atoms with van der Waals surface area (Å²) in [5, 5.41) is 2.62. The van der Waals surface area contributed by atoms with Crippen LogP contribution in [0.1, 0.15) is 4.88 Å². The highest BCUT2D eigenvalue weighted by atomic mass is 32.2. The number of nitrogens with zero attached hydrogens (tertiary/aromatic N) is 3. The van der Waals surface area contributed by atoms with E-state index in [-0.39, 0.29) is 5.91 Å². The molecule has 1 fully saturated rings. The number of aliphatic imine (C=N–C) groups is 1. The van der Waals surface area contributed by atoms with Gasteiger partial charge in [-0.05, 0) is 41.4 Å². The van der Waals surface area contributed by atoms with Crippen LogP contribution in [0.2, 0.25) is 0 Å². The Morgan fingerprint density at radius 3 is 2.91 bits per heavy atom. The quantitative estimate of drug-likeness (QED) is 0.631. The number of carbonyl (C=O) groups is 1.